The molecule has 0 aromatic rings. The summed E-state index contributed by atoms with van der Waals surface area (Å²) < 4.78 is 0. The molecule has 2 rings (SSSR count). The summed E-state index contributed by atoms with van der Waals surface area (Å²) in [6, 6.07) is 0.755. The van der Waals surface area contributed by atoms with Crippen molar-refractivity contribution >= 4 is 0 Å². The van der Waals surface area contributed by atoms with E-state index in [1.807, 2.05) is 0 Å². The van der Waals surface area contributed by atoms with Gasteiger partial charge in [-0.1, -0.05) is 12.8 Å². The van der Waals surface area contributed by atoms with Gasteiger partial charge in [0.2, 0.25) is 0 Å². The second-order valence-corrected chi connectivity index (χ2v) is 4.26. The Morgan fingerprint density at radius 1 is 1.25 bits per heavy atom. The molecule has 0 aromatic heterocycles. The minimum absolute atomic E-state index is 0.490. The first-order chi connectivity index (χ1) is 5.87. The highest BCUT2D eigenvalue weighted by Crippen LogP contribution is 2.40. The molecule has 0 radical (unpaired) electrons. The zero-order valence-electron chi connectivity index (χ0n) is 8.03. The van der Waals surface area contributed by atoms with Gasteiger partial charge in [0.15, 0.2) is 0 Å². The minimum atomic E-state index is 0.490. The van der Waals surface area contributed by atoms with Crippen LogP contribution in [0.3, 0.4) is 0 Å². The van der Waals surface area contributed by atoms with E-state index in [0.717, 1.165) is 6.04 Å². The minimum Gasteiger partial charge on any atom is -0.313 e. The van der Waals surface area contributed by atoms with Gasteiger partial charge in [0.05, 0.1) is 0 Å². The zero-order valence-corrected chi connectivity index (χ0v) is 8.03. The van der Waals surface area contributed by atoms with Crippen LogP contribution >= 0.6 is 0 Å². The topological polar surface area (TPSA) is 24.1 Å². The lowest BCUT2D eigenvalue weighted by Crippen LogP contribution is -2.48. The van der Waals surface area contributed by atoms with Crippen LogP contribution in [0.4, 0.5) is 0 Å². The molecule has 1 saturated heterocycles. The number of hydrogen-bond donors (Lipinski definition) is 2. The van der Waals surface area contributed by atoms with Crippen LogP contribution in [0.25, 0.3) is 0 Å². The standard InChI is InChI=1S/C10H20N2/c1-11-10(6-7-10)9-5-3-2-4-8-12-9/h9,11-12H,2-8H2,1H3. The maximum atomic E-state index is 3.67. The summed E-state index contributed by atoms with van der Waals surface area (Å²) in [7, 11) is 2.11. The Labute approximate surface area is 75.1 Å². The lowest BCUT2D eigenvalue weighted by molar-refractivity contribution is 0.364. The Bertz CT molecular complexity index is 144. The van der Waals surface area contributed by atoms with Gasteiger partial charge in [0.1, 0.15) is 0 Å². The van der Waals surface area contributed by atoms with Crippen LogP contribution < -0.4 is 10.6 Å². The predicted molar refractivity (Wildman–Crippen MR) is 51.3 cm³/mol. The van der Waals surface area contributed by atoms with Gasteiger partial charge in [-0.3, -0.25) is 0 Å². The number of nitrogens with one attached hydrogen (secondary N) is 2. The van der Waals surface area contributed by atoms with Crippen molar-refractivity contribution in [2.45, 2.75) is 50.1 Å². The summed E-state index contributed by atoms with van der Waals surface area (Å²) in [6.45, 7) is 1.23. The smallest absolute Gasteiger partial charge is 0.0333 e. The Balaban J connectivity index is 1.92. The van der Waals surface area contributed by atoms with E-state index < -0.39 is 0 Å². The summed E-state index contributed by atoms with van der Waals surface area (Å²) in [6.07, 6.45) is 8.34. The van der Waals surface area contributed by atoms with Crippen molar-refractivity contribution in [3.8, 4) is 0 Å². The van der Waals surface area contributed by atoms with E-state index in [2.05, 4.69) is 17.7 Å². The summed E-state index contributed by atoms with van der Waals surface area (Å²) in [5.74, 6) is 0. The van der Waals surface area contributed by atoms with E-state index in [9.17, 15) is 0 Å². The number of likely N-dealkylation sites (N-methyl/N-ethyl adjacent to an activating group) is 1. The summed E-state index contributed by atoms with van der Waals surface area (Å²) in [5, 5.41) is 7.16. The average Bonchev–Trinajstić information content (AvgIpc) is 2.90. The van der Waals surface area contributed by atoms with E-state index in [1.165, 1.54) is 45.1 Å². The SMILES string of the molecule is CNC1(C2CCCCCN2)CC1. The quantitative estimate of drug-likeness (QED) is 0.649. The maximum Gasteiger partial charge on any atom is 0.0333 e. The molecule has 0 bridgehead atoms. The Hall–Kier alpha value is -0.0800. The van der Waals surface area contributed by atoms with Crippen molar-refractivity contribution in [1.29, 1.82) is 0 Å². The highest BCUT2D eigenvalue weighted by Gasteiger charge is 2.47. The van der Waals surface area contributed by atoms with Crippen LogP contribution in [0.15, 0.2) is 0 Å². The summed E-state index contributed by atoms with van der Waals surface area (Å²) >= 11 is 0. The van der Waals surface area contributed by atoms with E-state index in [0.29, 0.717) is 5.54 Å². The summed E-state index contributed by atoms with van der Waals surface area (Å²) in [5.41, 5.74) is 0.490. The first-order valence-corrected chi connectivity index (χ1v) is 5.30. The molecule has 2 heteroatoms. The van der Waals surface area contributed by atoms with Crippen molar-refractivity contribution in [3.05, 3.63) is 0 Å². The lowest BCUT2D eigenvalue weighted by Gasteiger charge is -2.26. The molecule has 0 aromatic carbocycles. The molecule has 12 heavy (non-hydrogen) atoms. The van der Waals surface area contributed by atoms with Gasteiger partial charge in [-0.25, -0.2) is 0 Å². The van der Waals surface area contributed by atoms with Crippen LogP contribution in [0, 0.1) is 0 Å². The molecule has 1 aliphatic heterocycles. The monoisotopic (exact) mass is 168 g/mol. The van der Waals surface area contributed by atoms with E-state index >= 15 is 0 Å². The van der Waals surface area contributed by atoms with Gasteiger partial charge in [-0.05, 0) is 39.3 Å². The third-order valence-electron chi connectivity index (χ3n) is 3.51. The molecule has 1 heterocycles. The fourth-order valence-electron chi connectivity index (χ4n) is 2.41. The molecule has 2 nitrogen and oxygen atoms in total. The van der Waals surface area contributed by atoms with Crippen molar-refractivity contribution < 1.29 is 0 Å². The molecule has 2 fully saturated rings. The largest absolute Gasteiger partial charge is 0.313 e. The van der Waals surface area contributed by atoms with Crippen molar-refractivity contribution in [1.82, 2.24) is 10.6 Å². The molecule has 0 amide bonds. The molecule has 1 unspecified atom stereocenters. The van der Waals surface area contributed by atoms with Crippen LogP contribution in [-0.4, -0.2) is 25.2 Å². The van der Waals surface area contributed by atoms with Crippen molar-refractivity contribution in [3.63, 3.8) is 0 Å². The van der Waals surface area contributed by atoms with Gasteiger partial charge in [-0.2, -0.15) is 0 Å². The first kappa shape index (κ1) is 8.52. The molecule has 1 aliphatic carbocycles. The molecular formula is C10H20N2. The Kier molecular flexibility index (Phi) is 2.37. The highest BCUT2D eigenvalue weighted by molar-refractivity contribution is 5.09. The van der Waals surface area contributed by atoms with Gasteiger partial charge < -0.3 is 10.6 Å². The molecule has 2 aliphatic rings. The molecule has 70 valence electrons. The zero-order chi connectivity index (χ0) is 8.44. The number of hydrogen-bond acceptors (Lipinski definition) is 2. The highest BCUT2D eigenvalue weighted by atomic mass is 15.1. The van der Waals surface area contributed by atoms with Crippen LogP contribution in [-0.2, 0) is 0 Å². The van der Waals surface area contributed by atoms with Crippen molar-refractivity contribution in [2.75, 3.05) is 13.6 Å². The van der Waals surface area contributed by atoms with Crippen molar-refractivity contribution in [2.24, 2.45) is 0 Å². The molecule has 2 N–H and O–H groups in total. The van der Waals surface area contributed by atoms with E-state index in [-0.39, 0.29) is 0 Å². The third kappa shape index (κ3) is 1.50. The van der Waals surface area contributed by atoms with Crippen LogP contribution in [0.2, 0.25) is 0 Å². The van der Waals surface area contributed by atoms with Gasteiger partial charge in [0.25, 0.3) is 0 Å². The Morgan fingerprint density at radius 3 is 2.75 bits per heavy atom. The van der Waals surface area contributed by atoms with Gasteiger partial charge >= 0.3 is 0 Å². The normalized spacial score (nSPS) is 34.2. The maximum absolute atomic E-state index is 3.67. The van der Waals surface area contributed by atoms with Gasteiger partial charge in [-0.15, -0.1) is 0 Å². The fraction of sp³-hybridized carbons (Fsp3) is 1.00. The second-order valence-electron chi connectivity index (χ2n) is 4.26. The molecule has 0 spiro atoms. The van der Waals surface area contributed by atoms with Crippen LogP contribution in [0.1, 0.15) is 38.5 Å². The predicted octanol–water partition coefficient (Wildman–Crippen LogP) is 1.27. The Morgan fingerprint density at radius 2 is 2.08 bits per heavy atom. The number of rotatable bonds is 2. The first-order valence-electron chi connectivity index (χ1n) is 5.30. The second kappa shape index (κ2) is 3.35. The molecular weight excluding hydrogens is 148 g/mol. The van der Waals surface area contributed by atoms with E-state index in [1.54, 1.807) is 0 Å². The molecule has 1 atom stereocenters. The van der Waals surface area contributed by atoms with Gasteiger partial charge in [0, 0.05) is 11.6 Å². The third-order valence-corrected chi connectivity index (χ3v) is 3.51. The fourth-order valence-corrected chi connectivity index (χ4v) is 2.41. The summed E-state index contributed by atoms with van der Waals surface area (Å²) in [4.78, 5) is 0. The van der Waals surface area contributed by atoms with E-state index in [4.69, 9.17) is 0 Å². The lowest BCUT2D eigenvalue weighted by atomic mass is 10.0. The molecule has 1 saturated carbocycles. The average molecular weight is 168 g/mol. The van der Waals surface area contributed by atoms with Crippen LogP contribution in [0.5, 0.6) is 0 Å².